The Hall–Kier alpha value is -0.130. The number of hydrogen-bond donors (Lipinski definition) is 1. The molecule has 0 bridgehead atoms. The molecular weight excluding hydrogens is 212 g/mol. The summed E-state index contributed by atoms with van der Waals surface area (Å²) in [5.41, 5.74) is 5.29. The van der Waals surface area contributed by atoms with Crippen LogP contribution in [0.25, 0.3) is 0 Å². The third-order valence-corrected chi connectivity index (χ3v) is 4.94. The lowest BCUT2D eigenvalue weighted by atomic mass is 9.94. The molecule has 15 heavy (non-hydrogen) atoms. The van der Waals surface area contributed by atoms with Gasteiger partial charge >= 0.3 is 0 Å². The molecule has 1 aliphatic heterocycles. The van der Waals surface area contributed by atoms with Crippen molar-refractivity contribution in [1.82, 2.24) is 4.31 Å². The summed E-state index contributed by atoms with van der Waals surface area (Å²) in [6.07, 6.45) is 4.44. The van der Waals surface area contributed by atoms with Gasteiger partial charge in [-0.15, -0.1) is 0 Å². The van der Waals surface area contributed by atoms with E-state index < -0.39 is 10.0 Å². The molecule has 0 aromatic rings. The molecule has 1 rings (SSSR count). The molecule has 1 heterocycles. The Bertz CT molecular complexity index is 269. The molecule has 1 fully saturated rings. The second-order valence-corrected chi connectivity index (χ2v) is 6.32. The maximum Gasteiger partial charge on any atom is 0.215 e. The van der Waals surface area contributed by atoms with Crippen LogP contribution in [-0.2, 0) is 10.0 Å². The van der Waals surface area contributed by atoms with Crippen LogP contribution in [0.3, 0.4) is 0 Å². The predicted molar refractivity (Wildman–Crippen MR) is 62.0 cm³/mol. The smallest absolute Gasteiger partial charge is 0.215 e. The van der Waals surface area contributed by atoms with Crippen LogP contribution in [0.15, 0.2) is 0 Å². The van der Waals surface area contributed by atoms with E-state index in [0.29, 0.717) is 13.1 Å². The average Bonchev–Trinajstić information content (AvgIpc) is 2.19. The van der Waals surface area contributed by atoms with E-state index in [0.717, 1.165) is 18.8 Å². The van der Waals surface area contributed by atoms with E-state index in [1.807, 2.05) is 0 Å². The summed E-state index contributed by atoms with van der Waals surface area (Å²) >= 11 is 0. The molecule has 0 unspecified atom stereocenters. The Morgan fingerprint density at radius 1 is 1.33 bits per heavy atom. The molecule has 0 aliphatic carbocycles. The lowest BCUT2D eigenvalue weighted by Gasteiger charge is -2.30. The van der Waals surface area contributed by atoms with Crippen LogP contribution in [0.4, 0.5) is 0 Å². The molecule has 4 nitrogen and oxygen atoms in total. The highest BCUT2D eigenvalue weighted by atomic mass is 32.2. The summed E-state index contributed by atoms with van der Waals surface area (Å²) in [7, 11) is -3.06. The maximum atomic E-state index is 11.7. The quantitative estimate of drug-likeness (QED) is 0.765. The van der Waals surface area contributed by atoms with Gasteiger partial charge < -0.3 is 5.73 Å². The zero-order chi connectivity index (χ0) is 11.3. The van der Waals surface area contributed by atoms with Crippen molar-refractivity contribution in [2.75, 3.05) is 25.4 Å². The molecule has 0 spiro atoms. The van der Waals surface area contributed by atoms with Crippen molar-refractivity contribution in [1.29, 1.82) is 0 Å². The van der Waals surface area contributed by atoms with Crippen molar-refractivity contribution < 1.29 is 8.42 Å². The van der Waals surface area contributed by atoms with Crippen molar-refractivity contribution in [2.24, 2.45) is 11.7 Å². The average molecular weight is 234 g/mol. The number of hydrogen-bond acceptors (Lipinski definition) is 3. The SMILES string of the molecule is CCCC1CCN(S(=O)(=O)CCN)CC1. The van der Waals surface area contributed by atoms with Crippen molar-refractivity contribution in [3.05, 3.63) is 0 Å². The van der Waals surface area contributed by atoms with Gasteiger partial charge in [0.15, 0.2) is 0 Å². The Kier molecular flexibility index (Phi) is 5.02. The number of sulfonamides is 1. The predicted octanol–water partition coefficient (Wildman–Crippen LogP) is 0.787. The van der Waals surface area contributed by atoms with Crippen LogP contribution in [0.5, 0.6) is 0 Å². The van der Waals surface area contributed by atoms with Crippen LogP contribution >= 0.6 is 0 Å². The van der Waals surface area contributed by atoms with Gasteiger partial charge in [-0.1, -0.05) is 19.8 Å². The van der Waals surface area contributed by atoms with E-state index in [2.05, 4.69) is 6.92 Å². The summed E-state index contributed by atoms with van der Waals surface area (Å²) in [6.45, 7) is 3.77. The van der Waals surface area contributed by atoms with Crippen LogP contribution < -0.4 is 5.73 Å². The van der Waals surface area contributed by atoms with Gasteiger partial charge in [-0.25, -0.2) is 12.7 Å². The number of rotatable bonds is 5. The minimum Gasteiger partial charge on any atom is -0.329 e. The summed E-state index contributed by atoms with van der Waals surface area (Å²) in [5, 5.41) is 0. The van der Waals surface area contributed by atoms with Gasteiger partial charge in [0.2, 0.25) is 10.0 Å². The van der Waals surface area contributed by atoms with Crippen LogP contribution in [-0.4, -0.2) is 38.1 Å². The third kappa shape index (κ3) is 3.74. The van der Waals surface area contributed by atoms with E-state index in [-0.39, 0.29) is 12.3 Å². The molecule has 1 saturated heterocycles. The summed E-state index contributed by atoms with van der Waals surface area (Å²) < 4.78 is 25.0. The van der Waals surface area contributed by atoms with Crippen molar-refractivity contribution in [3.63, 3.8) is 0 Å². The fraction of sp³-hybridized carbons (Fsp3) is 1.00. The Balaban J connectivity index is 2.43. The van der Waals surface area contributed by atoms with Gasteiger partial charge in [0.25, 0.3) is 0 Å². The minimum atomic E-state index is -3.06. The first-order chi connectivity index (χ1) is 7.10. The summed E-state index contributed by atoms with van der Waals surface area (Å²) in [5.74, 6) is 0.810. The standard InChI is InChI=1S/C10H22N2O2S/c1-2-3-10-4-7-12(8-5-10)15(13,14)9-6-11/h10H,2-9,11H2,1H3. The molecule has 0 amide bonds. The van der Waals surface area contributed by atoms with Crippen molar-refractivity contribution in [3.8, 4) is 0 Å². The highest BCUT2D eigenvalue weighted by Gasteiger charge is 2.26. The Labute approximate surface area is 92.9 Å². The van der Waals surface area contributed by atoms with Crippen LogP contribution in [0, 0.1) is 5.92 Å². The molecule has 2 N–H and O–H groups in total. The summed E-state index contributed by atoms with van der Waals surface area (Å²) in [6, 6.07) is 0. The van der Waals surface area contributed by atoms with E-state index in [1.54, 1.807) is 4.31 Å². The van der Waals surface area contributed by atoms with Crippen LogP contribution in [0.1, 0.15) is 32.6 Å². The molecule has 0 atom stereocenters. The topological polar surface area (TPSA) is 63.4 Å². The van der Waals surface area contributed by atoms with E-state index in [4.69, 9.17) is 5.73 Å². The highest BCUT2D eigenvalue weighted by Crippen LogP contribution is 2.23. The van der Waals surface area contributed by atoms with Gasteiger partial charge in [-0.3, -0.25) is 0 Å². The van der Waals surface area contributed by atoms with Gasteiger partial charge in [-0.05, 0) is 18.8 Å². The highest BCUT2D eigenvalue weighted by molar-refractivity contribution is 7.89. The molecular formula is C10H22N2O2S. The van der Waals surface area contributed by atoms with Crippen LogP contribution in [0.2, 0.25) is 0 Å². The van der Waals surface area contributed by atoms with Gasteiger partial charge in [0.05, 0.1) is 5.75 Å². The first kappa shape index (κ1) is 12.9. The first-order valence-electron chi connectivity index (χ1n) is 5.78. The zero-order valence-electron chi connectivity index (χ0n) is 9.48. The lowest BCUT2D eigenvalue weighted by Crippen LogP contribution is -2.40. The minimum absolute atomic E-state index is 0.0887. The van der Waals surface area contributed by atoms with E-state index in [9.17, 15) is 8.42 Å². The Morgan fingerprint density at radius 2 is 1.93 bits per heavy atom. The van der Waals surface area contributed by atoms with Gasteiger partial charge in [-0.2, -0.15) is 0 Å². The van der Waals surface area contributed by atoms with E-state index >= 15 is 0 Å². The van der Waals surface area contributed by atoms with E-state index in [1.165, 1.54) is 12.8 Å². The zero-order valence-corrected chi connectivity index (χ0v) is 10.3. The fourth-order valence-electron chi connectivity index (χ4n) is 2.16. The fourth-order valence-corrected chi connectivity index (χ4v) is 3.49. The van der Waals surface area contributed by atoms with Crippen molar-refractivity contribution in [2.45, 2.75) is 32.6 Å². The molecule has 0 aromatic heterocycles. The normalized spacial score (nSPS) is 20.7. The third-order valence-electron chi connectivity index (χ3n) is 3.04. The van der Waals surface area contributed by atoms with Gasteiger partial charge in [0.1, 0.15) is 0 Å². The molecule has 0 aromatic carbocycles. The summed E-state index contributed by atoms with van der Waals surface area (Å²) in [4.78, 5) is 0. The molecule has 0 saturated carbocycles. The molecule has 1 aliphatic rings. The number of piperidine rings is 1. The number of nitrogens with two attached hydrogens (primary N) is 1. The largest absolute Gasteiger partial charge is 0.329 e. The van der Waals surface area contributed by atoms with Crippen molar-refractivity contribution >= 4 is 10.0 Å². The Morgan fingerprint density at radius 3 is 2.40 bits per heavy atom. The lowest BCUT2D eigenvalue weighted by molar-refractivity contribution is 0.262. The monoisotopic (exact) mass is 234 g/mol. The van der Waals surface area contributed by atoms with Gasteiger partial charge in [0, 0.05) is 19.6 Å². The molecule has 0 radical (unpaired) electrons. The second-order valence-electron chi connectivity index (χ2n) is 4.24. The first-order valence-corrected chi connectivity index (χ1v) is 7.39. The molecule has 5 heteroatoms. The number of nitrogens with zero attached hydrogens (tertiary/aromatic N) is 1. The maximum absolute atomic E-state index is 11.7. The molecule has 90 valence electrons. The second kappa shape index (κ2) is 5.82.